The average molecular weight is 393 g/mol. The van der Waals surface area contributed by atoms with Crippen LogP contribution in [0.3, 0.4) is 0 Å². The molecule has 3 unspecified atom stereocenters. The van der Waals surface area contributed by atoms with Gasteiger partial charge >= 0.3 is 0 Å². The molecule has 2 fully saturated rings. The molecule has 2 aromatic rings. The van der Waals surface area contributed by atoms with Gasteiger partial charge in [0.25, 0.3) is 5.91 Å². The summed E-state index contributed by atoms with van der Waals surface area (Å²) in [6, 6.07) is 16.1. The van der Waals surface area contributed by atoms with Crippen molar-refractivity contribution >= 4 is 11.8 Å². The molecule has 0 aliphatic carbocycles. The fraction of sp³-hybridized carbons (Fsp3) is 0.391. The molecule has 6 nitrogen and oxygen atoms in total. The Kier molecular flexibility index (Phi) is 5.81. The highest BCUT2D eigenvalue weighted by Gasteiger charge is 2.41. The Labute approximate surface area is 171 Å². The molecule has 0 aromatic heterocycles. The molecule has 2 aliphatic heterocycles. The second kappa shape index (κ2) is 8.66. The number of ether oxygens (including phenoxy) is 1. The van der Waals surface area contributed by atoms with Crippen LogP contribution in [0.4, 0.5) is 0 Å². The van der Waals surface area contributed by atoms with E-state index in [4.69, 9.17) is 4.74 Å². The SMILES string of the molecule is COc1ccc(C(=O)NC(C(=O)N2C3CCNCC2CC3)c2ccccc2)cc1. The lowest BCUT2D eigenvalue weighted by Gasteiger charge is -2.32. The number of benzene rings is 2. The summed E-state index contributed by atoms with van der Waals surface area (Å²) in [7, 11) is 1.59. The van der Waals surface area contributed by atoms with Gasteiger partial charge in [0.1, 0.15) is 11.8 Å². The number of hydrogen-bond donors (Lipinski definition) is 2. The van der Waals surface area contributed by atoms with E-state index in [-0.39, 0.29) is 23.9 Å². The largest absolute Gasteiger partial charge is 0.497 e. The summed E-state index contributed by atoms with van der Waals surface area (Å²) in [6.07, 6.45) is 3.00. The van der Waals surface area contributed by atoms with Crippen LogP contribution in [0.25, 0.3) is 0 Å². The van der Waals surface area contributed by atoms with E-state index in [2.05, 4.69) is 10.6 Å². The maximum Gasteiger partial charge on any atom is 0.252 e. The van der Waals surface area contributed by atoms with Gasteiger partial charge in [0.15, 0.2) is 0 Å². The van der Waals surface area contributed by atoms with Crippen LogP contribution in [-0.4, -0.2) is 49.0 Å². The van der Waals surface area contributed by atoms with Crippen molar-refractivity contribution in [3.8, 4) is 5.75 Å². The Morgan fingerprint density at radius 2 is 1.76 bits per heavy atom. The molecule has 2 amide bonds. The zero-order valence-electron chi connectivity index (χ0n) is 16.6. The molecule has 2 aliphatic rings. The number of amides is 2. The van der Waals surface area contributed by atoms with Crippen molar-refractivity contribution in [3.05, 3.63) is 65.7 Å². The van der Waals surface area contributed by atoms with Crippen LogP contribution in [-0.2, 0) is 4.79 Å². The molecule has 29 heavy (non-hydrogen) atoms. The van der Waals surface area contributed by atoms with Crippen molar-refractivity contribution in [2.24, 2.45) is 0 Å². The number of hydrogen-bond acceptors (Lipinski definition) is 4. The van der Waals surface area contributed by atoms with E-state index in [9.17, 15) is 9.59 Å². The Balaban J connectivity index is 1.60. The van der Waals surface area contributed by atoms with Gasteiger partial charge in [-0.3, -0.25) is 9.59 Å². The predicted molar refractivity (Wildman–Crippen MR) is 111 cm³/mol. The van der Waals surface area contributed by atoms with Crippen LogP contribution in [0.2, 0.25) is 0 Å². The molecular weight excluding hydrogens is 366 g/mol. The smallest absolute Gasteiger partial charge is 0.252 e. The topological polar surface area (TPSA) is 70.7 Å². The maximum atomic E-state index is 13.6. The molecule has 0 radical (unpaired) electrons. The molecule has 2 N–H and O–H groups in total. The van der Waals surface area contributed by atoms with Gasteiger partial charge in [-0.2, -0.15) is 0 Å². The number of nitrogens with one attached hydrogen (secondary N) is 2. The summed E-state index contributed by atoms with van der Waals surface area (Å²) in [5, 5.41) is 6.41. The fourth-order valence-electron chi connectivity index (χ4n) is 4.38. The minimum atomic E-state index is -0.702. The number of carbonyl (C=O) groups excluding carboxylic acids is 2. The maximum absolute atomic E-state index is 13.6. The third-order valence-corrected chi connectivity index (χ3v) is 5.92. The Morgan fingerprint density at radius 3 is 2.48 bits per heavy atom. The molecule has 2 bridgehead atoms. The first-order chi connectivity index (χ1) is 14.2. The summed E-state index contributed by atoms with van der Waals surface area (Å²) < 4.78 is 5.16. The highest BCUT2D eigenvalue weighted by atomic mass is 16.5. The number of carbonyl (C=O) groups is 2. The van der Waals surface area contributed by atoms with Crippen LogP contribution >= 0.6 is 0 Å². The third kappa shape index (κ3) is 4.12. The van der Waals surface area contributed by atoms with Gasteiger partial charge in [0, 0.05) is 24.2 Å². The molecule has 152 valence electrons. The Morgan fingerprint density at radius 1 is 1.03 bits per heavy atom. The van der Waals surface area contributed by atoms with Crippen molar-refractivity contribution in [2.75, 3.05) is 20.2 Å². The molecule has 3 atom stereocenters. The standard InChI is InChI=1S/C23H27N3O3/c1-29-20-11-7-17(8-12-20)22(27)25-21(16-5-3-2-4-6-16)23(28)26-18-9-10-19(26)15-24-14-13-18/h2-8,11-12,18-19,21,24H,9-10,13-15H2,1H3,(H,25,27). The second-order valence-electron chi connectivity index (χ2n) is 7.67. The number of methoxy groups -OCH3 is 1. The van der Waals surface area contributed by atoms with Gasteiger partial charge in [-0.1, -0.05) is 30.3 Å². The lowest BCUT2D eigenvalue weighted by atomic mass is 10.0. The summed E-state index contributed by atoms with van der Waals surface area (Å²) in [5.74, 6) is 0.398. The first kappa shape index (κ1) is 19.5. The van der Waals surface area contributed by atoms with E-state index in [0.29, 0.717) is 11.3 Å². The highest BCUT2D eigenvalue weighted by Crippen LogP contribution is 2.31. The zero-order chi connectivity index (χ0) is 20.2. The summed E-state index contributed by atoms with van der Waals surface area (Å²) in [4.78, 5) is 28.6. The molecule has 2 heterocycles. The highest BCUT2D eigenvalue weighted by molar-refractivity contribution is 5.98. The monoisotopic (exact) mass is 393 g/mol. The van der Waals surface area contributed by atoms with E-state index >= 15 is 0 Å². The Bertz CT molecular complexity index is 839. The fourth-order valence-corrected chi connectivity index (χ4v) is 4.38. The number of nitrogens with zero attached hydrogens (tertiary/aromatic N) is 1. The van der Waals surface area contributed by atoms with Crippen LogP contribution < -0.4 is 15.4 Å². The summed E-state index contributed by atoms with van der Waals surface area (Å²) >= 11 is 0. The zero-order valence-corrected chi connectivity index (χ0v) is 16.6. The van der Waals surface area contributed by atoms with Crippen molar-refractivity contribution < 1.29 is 14.3 Å². The average Bonchev–Trinajstić information content (AvgIpc) is 3.04. The molecule has 0 spiro atoms. The van der Waals surface area contributed by atoms with Crippen molar-refractivity contribution in [1.82, 2.24) is 15.5 Å². The molecule has 0 saturated carbocycles. The minimum absolute atomic E-state index is 0.0192. The predicted octanol–water partition coefficient (Wildman–Crippen LogP) is 2.52. The van der Waals surface area contributed by atoms with Crippen molar-refractivity contribution in [1.29, 1.82) is 0 Å². The third-order valence-electron chi connectivity index (χ3n) is 5.92. The normalized spacial score (nSPS) is 21.9. The lowest BCUT2D eigenvalue weighted by molar-refractivity contribution is -0.136. The van der Waals surface area contributed by atoms with Crippen LogP contribution in [0.1, 0.15) is 41.2 Å². The molecule has 2 saturated heterocycles. The number of fused-ring (bicyclic) bond motifs is 2. The molecule has 2 aromatic carbocycles. The van der Waals surface area contributed by atoms with E-state index in [1.54, 1.807) is 31.4 Å². The van der Waals surface area contributed by atoms with E-state index in [0.717, 1.165) is 37.9 Å². The Hall–Kier alpha value is -2.86. The second-order valence-corrected chi connectivity index (χ2v) is 7.67. The lowest BCUT2D eigenvalue weighted by Crippen LogP contribution is -2.48. The van der Waals surface area contributed by atoms with Gasteiger partial charge in [0.2, 0.25) is 5.91 Å². The first-order valence-electron chi connectivity index (χ1n) is 10.2. The van der Waals surface area contributed by atoms with Crippen molar-refractivity contribution in [2.45, 2.75) is 37.4 Å². The number of rotatable bonds is 5. The summed E-state index contributed by atoms with van der Waals surface area (Å²) in [6.45, 7) is 1.75. The van der Waals surface area contributed by atoms with Crippen LogP contribution in [0.15, 0.2) is 54.6 Å². The van der Waals surface area contributed by atoms with E-state index < -0.39 is 6.04 Å². The minimum Gasteiger partial charge on any atom is -0.497 e. The van der Waals surface area contributed by atoms with Crippen LogP contribution in [0, 0.1) is 0 Å². The molecule has 6 heteroatoms. The van der Waals surface area contributed by atoms with Gasteiger partial charge in [-0.25, -0.2) is 0 Å². The van der Waals surface area contributed by atoms with E-state index in [1.165, 1.54) is 0 Å². The quantitative estimate of drug-likeness (QED) is 0.819. The molecule has 4 rings (SSSR count). The van der Waals surface area contributed by atoms with Gasteiger partial charge < -0.3 is 20.3 Å². The first-order valence-corrected chi connectivity index (χ1v) is 10.2. The van der Waals surface area contributed by atoms with Crippen LogP contribution in [0.5, 0.6) is 5.75 Å². The van der Waals surface area contributed by atoms with Gasteiger partial charge in [-0.05, 0) is 55.6 Å². The van der Waals surface area contributed by atoms with Gasteiger partial charge in [0.05, 0.1) is 7.11 Å². The molecular formula is C23H27N3O3. The van der Waals surface area contributed by atoms with Gasteiger partial charge in [-0.15, -0.1) is 0 Å². The van der Waals surface area contributed by atoms with Crippen molar-refractivity contribution in [3.63, 3.8) is 0 Å². The van der Waals surface area contributed by atoms with E-state index in [1.807, 2.05) is 35.2 Å². The summed E-state index contributed by atoms with van der Waals surface area (Å²) in [5.41, 5.74) is 1.30.